The number of ketones is 1. The summed E-state index contributed by atoms with van der Waals surface area (Å²) in [5.74, 6) is -3.29. The Morgan fingerprint density at radius 1 is 0.941 bits per heavy atom. The van der Waals surface area contributed by atoms with Gasteiger partial charge in [0, 0.05) is 5.56 Å². The predicted molar refractivity (Wildman–Crippen MR) is 124 cm³/mol. The SMILES string of the molecule is CC(=O)c1ccc(N2C(=O)[C@@H]3[C@@H](C2=O)[C@@H]2c4ccccc4C=NN2[C@@H]3C(=O)OC(C)(C)C)cc1. The minimum absolute atomic E-state index is 0.111. The summed E-state index contributed by atoms with van der Waals surface area (Å²) in [5.41, 5.74) is 1.77. The van der Waals surface area contributed by atoms with Gasteiger partial charge in [0.15, 0.2) is 11.8 Å². The van der Waals surface area contributed by atoms with E-state index in [1.54, 1.807) is 56.3 Å². The standard InChI is InChI=1S/C26H25N3O5/c1-14(30)15-9-11-17(12-10-15)28-23(31)19-20(24(28)32)22(25(33)34-26(2,3)4)29-21(19)18-8-6-5-7-16(18)13-27-29/h5-13,19-22H,1-4H3/t19-,20-,21+,22+/m1/s1. The molecule has 0 bridgehead atoms. The number of carbonyl (C=O) groups excluding carboxylic acids is 4. The zero-order valence-electron chi connectivity index (χ0n) is 19.4. The lowest BCUT2D eigenvalue weighted by Gasteiger charge is -2.34. The highest BCUT2D eigenvalue weighted by molar-refractivity contribution is 6.24. The Balaban J connectivity index is 1.60. The van der Waals surface area contributed by atoms with Crippen molar-refractivity contribution in [2.45, 2.75) is 45.4 Å². The first-order valence-corrected chi connectivity index (χ1v) is 11.2. The number of nitrogens with zero attached hydrogens (tertiary/aromatic N) is 3. The number of anilines is 1. The summed E-state index contributed by atoms with van der Waals surface area (Å²) in [7, 11) is 0. The summed E-state index contributed by atoms with van der Waals surface area (Å²) < 4.78 is 5.66. The molecule has 2 saturated heterocycles. The first kappa shape index (κ1) is 22.0. The van der Waals surface area contributed by atoms with E-state index in [0.29, 0.717) is 11.3 Å². The maximum Gasteiger partial charge on any atom is 0.331 e. The third-order valence-corrected chi connectivity index (χ3v) is 6.47. The second-order valence-electron chi connectivity index (χ2n) is 9.84. The molecule has 0 spiro atoms. The second kappa shape index (κ2) is 7.62. The third kappa shape index (κ3) is 3.32. The minimum atomic E-state index is -1.03. The first-order valence-electron chi connectivity index (χ1n) is 11.2. The highest BCUT2D eigenvalue weighted by Gasteiger charge is 2.66. The van der Waals surface area contributed by atoms with Crippen molar-refractivity contribution in [2.75, 3.05) is 4.90 Å². The molecular formula is C26H25N3O5. The number of carbonyl (C=O) groups is 4. The summed E-state index contributed by atoms with van der Waals surface area (Å²) in [6.07, 6.45) is 1.65. The smallest absolute Gasteiger partial charge is 0.331 e. The molecule has 3 aliphatic rings. The van der Waals surface area contributed by atoms with Gasteiger partial charge < -0.3 is 4.74 Å². The third-order valence-electron chi connectivity index (χ3n) is 6.47. The van der Waals surface area contributed by atoms with Crippen LogP contribution in [0.15, 0.2) is 53.6 Å². The zero-order valence-corrected chi connectivity index (χ0v) is 19.4. The maximum absolute atomic E-state index is 13.7. The molecule has 3 heterocycles. The van der Waals surface area contributed by atoms with Gasteiger partial charge in [-0.15, -0.1) is 0 Å². The lowest BCUT2D eigenvalue weighted by Crippen LogP contribution is -2.46. The molecule has 0 aliphatic carbocycles. The summed E-state index contributed by atoms with van der Waals surface area (Å²) in [4.78, 5) is 53.6. The lowest BCUT2D eigenvalue weighted by atomic mass is 9.85. The van der Waals surface area contributed by atoms with Crippen molar-refractivity contribution in [3.05, 3.63) is 65.2 Å². The number of hydrazone groups is 1. The summed E-state index contributed by atoms with van der Waals surface area (Å²) in [6, 6.07) is 12.3. The van der Waals surface area contributed by atoms with Crippen molar-refractivity contribution in [2.24, 2.45) is 16.9 Å². The number of imide groups is 1. The average Bonchev–Trinajstić information content (AvgIpc) is 3.25. The minimum Gasteiger partial charge on any atom is -0.458 e. The summed E-state index contributed by atoms with van der Waals surface area (Å²) in [5, 5.41) is 6.06. The highest BCUT2D eigenvalue weighted by atomic mass is 16.6. The van der Waals surface area contributed by atoms with Crippen LogP contribution in [-0.2, 0) is 19.1 Å². The number of ether oxygens (including phenoxy) is 1. The van der Waals surface area contributed by atoms with Gasteiger partial charge in [0.05, 0.1) is 29.8 Å². The number of benzene rings is 2. The monoisotopic (exact) mass is 459 g/mol. The summed E-state index contributed by atoms with van der Waals surface area (Å²) >= 11 is 0. The zero-order chi connectivity index (χ0) is 24.4. The molecule has 34 heavy (non-hydrogen) atoms. The van der Waals surface area contributed by atoms with Crippen molar-refractivity contribution < 1.29 is 23.9 Å². The number of hydrogen-bond acceptors (Lipinski definition) is 7. The summed E-state index contributed by atoms with van der Waals surface area (Å²) in [6.45, 7) is 6.73. The Morgan fingerprint density at radius 3 is 2.24 bits per heavy atom. The van der Waals surface area contributed by atoms with E-state index in [4.69, 9.17) is 4.74 Å². The van der Waals surface area contributed by atoms with E-state index in [2.05, 4.69) is 5.10 Å². The Kier molecular flexibility index (Phi) is 4.93. The van der Waals surface area contributed by atoms with Crippen molar-refractivity contribution in [3.8, 4) is 0 Å². The maximum atomic E-state index is 13.7. The molecule has 8 heteroatoms. The van der Waals surface area contributed by atoms with Gasteiger partial charge in [-0.05, 0) is 63.1 Å². The normalized spacial score (nSPS) is 25.2. The average molecular weight is 460 g/mol. The van der Waals surface area contributed by atoms with E-state index < -0.39 is 47.3 Å². The molecule has 4 atom stereocenters. The molecule has 0 radical (unpaired) electrons. The number of fused-ring (bicyclic) bond motifs is 5. The molecule has 2 fully saturated rings. The number of hydrogen-bond donors (Lipinski definition) is 0. The van der Waals surface area contributed by atoms with Gasteiger partial charge in [0.2, 0.25) is 11.8 Å². The van der Waals surface area contributed by atoms with Crippen LogP contribution < -0.4 is 4.90 Å². The Labute approximate surface area is 197 Å². The van der Waals surface area contributed by atoms with Crippen LogP contribution in [0.1, 0.15) is 55.2 Å². The molecule has 0 saturated carbocycles. The van der Waals surface area contributed by atoms with Crippen LogP contribution in [0.3, 0.4) is 0 Å². The van der Waals surface area contributed by atoms with Crippen molar-refractivity contribution >= 4 is 35.5 Å². The van der Waals surface area contributed by atoms with Crippen molar-refractivity contribution in [1.82, 2.24) is 5.01 Å². The molecule has 0 N–H and O–H groups in total. The number of esters is 1. The van der Waals surface area contributed by atoms with Crippen LogP contribution in [0.4, 0.5) is 5.69 Å². The van der Waals surface area contributed by atoms with E-state index in [9.17, 15) is 19.2 Å². The van der Waals surface area contributed by atoms with Gasteiger partial charge in [-0.1, -0.05) is 24.3 Å². The van der Waals surface area contributed by atoms with E-state index in [1.165, 1.54) is 6.92 Å². The van der Waals surface area contributed by atoms with Crippen molar-refractivity contribution in [3.63, 3.8) is 0 Å². The molecule has 2 aromatic carbocycles. The van der Waals surface area contributed by atoms with Gasteiger partial charge >= 0.3 is 5.97 Å². The van der Waals surface area contributed by atoms with E-state index >= 15 is 0 Å². The Bertz CT molecular complexity index is 1240. The molecule has 174 valence electrons. The van der Waals surface area contributed by atoms with Gasteiger partial charge in [-0.25, -0.2) is 9.69 Å². The fourth-order valence-electron chi connectivity index (χ4n) is 5.10. The molecule has 3 aliphatic heterocycles. The lowest BCUT2D eigenvalue weighted by molar-refractivity contribution is -0.163. The van der Waals surface area contributed by atoms with Crippen molar-refractivity contribution in [1.29, 1.82) is 0 Å². The molecule has 0 aromatic heterocycles. The highest BCUT2D eigenvalue weighted by Crippen LogP contribution is 2.52. The number of rotatable bonds is 3. The molecule has 8 nitrogen and oxygen atoms in total. The van der Waals surface area contributed by atoms with Gasteiger partial charge in [-0.3, -0.25) is 19.4 Å². The molecule has 2 aromatic rings. The van der Waals surface area contributed by atoms with Gasteiger partial charge in [0.25, 0.3) is 0 Å². The fraction of sp³-hybridized carbons (Fsp3) is 0.346. The molecular weight excluding hydrogens is 434 g/mol. The van der Waals surface area contributed by atoms with Crippen LogP contribution >= 0.6 is 0 Å². The van der Waals surface area contributed by atoms with Crippen LogP contribution in [0.2, 0.25) is 0 Å². The van der Waals surface area contributed by atoms with Gasteiger partial charge in [-0.2, -0.15) is 5.10 Å². The second-order valence-corrected chi connectivity index (χ2v) is 9.84. The quantitative estimate of drug-likeness (QED) is 0.398. The first-order chi connectivity index (χ1) is 16.1. The van der Waals surface area contributed by atoms with E-state index in [1.807, 2.05) is 24.3 Å². The van der Waals surface area contributed by atoms with E-state index in [0.717, 1.165) is 16.0 Å². The molecule has 5 rings (SSSR count). The van der Waals surface area contributed by atoms with Crippen LogP contribution in [0, 0.1) is 11.8 Å². The number of amides is 2. The van der Waals surface area contributed by atoms with Crippen LogP contribution in [0.25, 0.3) is 0 Å². The molecule has 2 amide bonds. The fourth-order valence-corrected chi connectivity index (χ4v) is 5.10. The Morgan fingerprint density at radius 2 is 1.59 bits per heavy atom. The molecule has 0 unspecified atom stereocenters. The Hall–Kier alpha value is -3.81. The topological polar surface area (TPSA) is 96.4 Å². The van der Waals surface area contributed by atoms with Crippen LogP contribution in [0.5, 0.6) is 0 Å². The number of Topliss-reactive ketones (excluding diaryl/α,β-unsaturated/α-hetero) is 1. The van der Waals surface area contributed by atoms with Gasteiger partial charge in [0.1, 0.15) is 5.60 Å². The largest absolute Gasteiger partial charge is 0.458 e. The predicted octanol–water partition coefficient (Wildman–Crippen LogP) is 3.11. The van der Waals surface area contributed by atoms with Crippen LogP contribution in [-0.4, -0.2) is 46.4 Å². The van der Waals surface area contributed by atoms with E-state index in [-0.39, 0.29) is 5.78 Å².